The summed E-state index contributed by atoms with van der Waals surface area (Å²) in [6, 6.07) is 0.124. The molecule has 4 fully saturated rings. The number of nitrogens with one attached hydrogen (secondary N) is 1. The van der Waals surface area contributed by atoms with E-state index in [9.17, 15) is 23.5 Å². The van der Waals surface area contributed by atoms with Crippen LogP contribution >= 0.6 is 23.4 Å². The van der Waals surface area contributed by atoms with Crippen LogP contribution in [0.3, 0.4) is 0 Å². The van der Waals surface area contributed by atoms with Crippen molar-refractivity contribution < 1.29 is 23.4 Å². The second-order valence-electron chi connectivity index (χ2n) is 13.6. The number of alkyl halides is 3. The summed E-state index contributed by atoms with van der Waals surface area (Å²) in [6.07, 6.45) is 5.80. The van der Waals surface area contributed by atoms with Gasteiger partial charge in [-0.15, -0.1) is 11.6 Å². The van der Waals surface area contributed by atoms with Gasteiger partial charge in [-0.3, -0.25) is 19.1 Å². The molecule has 1 saturated carbocycles. The van der Waals surface area contributed by atoms with E-state index in [1.807, 2.05) is 11.8 Å². The van der Waals surface area contributed by atoms with Crippen molar-refractivity contribution in [1.82, 2.24) is 19.8 Å². The van der Waals surface area contributed by atoms with Gasteiger partial charge >= 0.3 is 5.97 Å². The van der Waals surface area contributed by atoms with E-state index < -0.39 is 11.9 Å². The predicted octanol–water partition coefficient (Wildman–Crippen LogP) is 4.12. The van der Waals surface area contributed by atoms with Crippen molar-refractivity contribution in [2.45, 2.75) is 119 Å². The fourth-order valence-corrected chi connectivity index (χ4v) is 10.8. The maximum absolute atomic E-state index is 14.1. The second-order valence-corrected chi connectivity index (χ2v) is 15.4. The maximum Gasteiger partial charge on any atom is 0.308 e. The van der Waals surface area contributed by atoms with Gasteiger partial charge in [-0.05, 0) is 83.6 Å². The number of hydrogen-bond donors (Lipinski definition) is 2. The predicted molar refractivity (Wildman–Crippen MR) is 163 cm³/mol. The van der Waals surface area contributed by atoms with Crippen LogP contribution in [0, 0.1) is 24.7 Å². The van der Waals surface area contributed by atoms with E-state index in [1.54, 1.807) is 16.3 Å². The number of thioether (sulfide) groups is 1. The normalized spacial score (nSPS) is 37.9. The fraction of sp³-hybridized carbons (Fsp3) is 0.839. The number of aryl methyl sites for hydroxylation is 2. The molecule has 12 heteroatoms. The van der Waals surface area contributed by atoms with Crippen LogP contribution in [0.2, 0.25) is 0 Å². The van der Waals surface area contributed by atoms with E-state index in [-0.39, 0.29) is 65.2 Å². The summed E-state index contributed by atoms with van der Waals surface area (Å²) >= 11 is 8.48. The van der Waals surface area contributed by atoms with Crippen molar-refractivity contribution in [2.75, 3.05) is 25.4 Å². The van der Waals surface area contributed by atoms with Crippen LogP contribution in [0.15, 0.2) is 4.79 Å². The molecule has 1 aromatic heterocycles. The quantitative estimate of drug-likeness (QED) is 0.429. The van der Waals surface area contributed by atoms with E-state index >= 15 is 0 Å². The first-order chi connectivity index (χ1) is 20.5. The first kappa shape index (κ1) is 31.7. The van der Waals surface area contributed by atoms with E-state index in [1.165, 1.54) is 0 Å². The van der Waals surface area contributed by atoms with Crippen molar-refractivity contribution in [3.63, 3.8) is 0 Å². The number of nitrogens with zero attached hydrogens (tertiary/aromatic N) is 3. The zero-order valence-corrected chi connectivity index (χ0v) is 26.7. The van der Waals surface area contributed by atoms with Crippen LogP contribution in [-0.4, -0.2) is 91.8 Å². The summed E-state index contributed by atoms with van der Waals surface area (Å²) < 4.78 is 36.5. The Morgan fingerprint density at radius 3 is 2.84 bits per heavy atom. The highest BCUT2D eigenvalue weighted by atomic mass is 35.5. The van der Waals surface area contributed by atoms with Gasteiger partial charge in [0.05, 0.1) is 37.4 Å². The Balaban J connectivity index is 1.13. The summed E-state index contributed by atoms with van der Waals surface area (Å²) in [6.45, 7) is 5.17. The number of hydrogen-bond acceptors (Lipinski definition) is 7. The minimum Gasteiger partial charge on any atom is -0.481 e. The van der Waals surface area contributed by atoms with Gasteiger partial charge in [0.15, 0.2) is 0 Å². The number of aliphatic carboxylic acids is 1. The largest absolute Gasteiger partial charge is 0.481 e. The lowest BCUT2D eigenvalue weighted by atomic mass is 9.70. The molecule has 3 aliphatic heterocycles. The highest BCUT2D eigenvalue weighted by Crippen LogP contribution is 2.48. The Morgan fingerprint density at radius 2 is 2.07 bits per heavy atom. The van der Waals surface area contributed by atoms with E-state index in [4.69, 9.17) is 21.3 Å². The third kappa shape index (κ3) is 6.67. The SMILES string of the molecule is Cc1nc2c(c(=O)n1CCOC1CCC(Cl)CC1C1CC(C)NC3C(C(=O)O)CSC13)CC(N1CCCC(F)(F)C1)CC2. The summed E-state index contributed by atoms with van der Waals surface area (Å²) in [7, 11) is 0. The minimum absolute atomic E-state index is 0.00201. The van der Waals surface area contributed by atoms with Gasteiger partial charge in [-0.2, -0.15) is 11.8 Å². The van der Waals surface area contributed by atoms with Crippen LogP contribution in [0.25, 0.3) is 0 Å². The van der Waals surface area contributed by atoms with Gasteiger partial charge in [0.1, 0.15) is 5.82 Å². The van der Waals surface area contributed by atoms with Crippen LogP contribution in [-0.2, 0) is 28.9 Å². The third-order valence-corrected chi connectivity index (χ3v) is 12.7. The van der Waals surface area contributed by atoms with Crippen LogP contribution in [0.4, 0.5) is 8.78 Å². The van der Waals surface area contributed by atoms with Crippen molar-refractivity contribution in [3.05, 3.63) is 27.4 Å². The average Bonchev–Trinajstić information content (AvgIpc) is 3.38. The third-order valence-electron chi connectivity index (χ3n) is 10.7. The summed E-state index contributed by atoms with van der Waals surface area (Å²) in [4.78, 5) is 32.3. The molecule has 2 N–H and O–H groups in total. The minimum atomic E-state index is -2.66. The molecule has 3 saturated heterocycles. The number of piperidine rings is 2. The highest BCUT2D eigenvalue weighted by molar-refractivity contribution is 8.00. The monoisotopic (exact) mass is 642 g/mol. The zero-order chi connectivity index (χ0) is 30.5. The van der Waals surface area contributed by atoms with Gasteiger partial charge in [0.25, 0.3) is 11.5 Å². The highest BCUT2D eigenvalue weighted by Gasteiger charge is 2.51. The molecule has 9 unspecified atom stereocenters. The van der Waals surface area contributed by atoms with Crippen LogP contribution < -0.4 is 10.9 Å². The average molecular weight is 643 g/mol. The Kier molecular flexibility index (Phi) is 9.47. The Hall–Kier alpha value is -1.27. The lowest BCUT2D eigenvalue weighted by Gasteiger charge is -2.47. The van der Waals surface area contributed by atoms with E-state index in [0.717, 1.165) is 37.8 Å². The standard InChI is InChI=1S/C31H45ClF2N4O4S/c1-17-12-22(28-27(35-17)24(15-43-28)30(40)41)21-13-19(32)4-7-26(21)42-11-10-38-18(2)36-25-6-5-20(14-23(25)29(38)39)37-9-3-8-31(33,34)16-37/h17,19-22,24,26-28,35H,3-16H2,1-2H3,(H,40,41). The number of carboxylic acids is 1. The summed E-state index contributed by atoms with van der Waals surface area (Å²) in [5.41, 5.74) is 1.40. The summed E-state index contributed by atoms with van der Waals surface area (Å²) in [5.74, 6) is -1.94. The van der Waals surface area contributed by atoms with Crippen molar-refractivity contribution in [1.29, 1.82) is 0 Å². The zero-order valence-electron chi connectivity index (χ0n) is 25.2. The van der Waals surface area contributed by atoms with E-state index in [2.05, 4.69) is 12.2 Å². The molecular weight excluding hydrogens is 598 g/mol. The molecule has 5 aliphatic rings. The van der Waals surface area contributed by atoms with Gasteiger partial charge in [-0.25, -0.2) is 13.8 Å². The number of likely N-dealkylation sites (tertiary alicyclic amines) is 1. The Bertz CT molecular complexity index is 1250. The van der Waals surface area contributed by atoms with Gasteiger partial charge in [-0.1, -0.05) is 0 Å². The number of rotatable bonds is 7. The van der Waals surface area contributed by atoms with Crippen LogP contribution in [0.1, 0.15) is 69.0 Å². The number of halogens is 3. The number of carbonyl (C=O) groups is 1. The molecule has 2 aliphatic carbocycles. The first-order valence-corrected chi connectivity index (χ1v) is 17.6. The first-order valence-electron chi connectivity index (χ1n) is 16.1. The van der Waals surface area contributed by atoms with Crippen molar-refractivity contribution in [3.8, 4) is 0 Å². The lowest BCUT2D eigenvalue weighted by molar-refractivity contribution is -0.142. The fourth-order valence-electron chi connectivity index (χ4n) is 8.60. The number of ether oxygens (including phenoxy) is 1. The Labute approximate surface area is 261 Å². The van der Waals surface area contributed by atoms with Gasteiger partial charge in [0, 0.05) is 46.5 Å². The molecular formula is C31H45ClF2N4O4S. The molecule has 0 amide bonds. The molecule has 8 nitrogen and oxygen atoms in total. The van der Waals surface area contributed by atoms with E-state index in [0.29, 0.717) is 62.0 Å². The molecule has 240 valence electrons. The molecule has 9 atom stereocenters. The maximum atomic E-state index is 14.1. The molecule has 4 heterocycles. The molecule has 0 aromatic carbocycles. The molecule has 1 aromatic rings. The molecule has 0 spiro atoms. The summed E-state index contributed by atoms with van der Waals surface area (Å²) in [5, 5.41) is 13.7. The van der Waals surface area contributed by atoms with Crippen molar-refractivity contribution in [2.24, 2.45) is 17.8 Å². The lowest BCUT2D eigenvalue weighted by Crippen LogP contribution is -2.57. The molecule has 0 bridgehead atoms. The van der Waals surface area contributed by atoms with Crippen molar-refractivity contribution >= 4 is 29.3 Å². The molecule has 0 radical (unpaired) electrons. The smallest absolute Gasteiger partial charge is 0.308 e. The number of carboxylic acid groups (broad SMARTS) is 1. The Morgan fingerprint density at radius 1 is 1.26 bits per heavy atom. The topological polar surface area (TPSA) is 96.7 Å². The molecule has 43 heavy (non-hydrogen) atoms. The van der Waals surface area contributed by atoms with Gasteiger partial charge in [0.2, 0.25) is 0 Å². The number of aromatic nitrogens is 2. The van der Waals surface area contributed by atoms with Gasteiger partial charge < -0.3 is 15.2 Å². The van der Waals surface area contributed by atoms with Crippen LogP contribution in [0.5, 0.6) is 0 Å². The number of fused-ring (bicyclic) bond motifs is 2. The molecule has 6 rings (SSSR count). The second kappa shape index (κ2) is 12.9.